The normalized spacial score (nSPS) is 11.2. The molecule has 0 unspecified atom stereocenters. The number of aromatic nitrogens is 2. The van der Waals surface area contributed by atoms with Gasteiger partial charge in [-0.25, -0.2) is 9.37 Å². The van der Waals surface area contributed by atoms with Gasteiger partial charge in [0.15, 0.2) is 5.82 Å². The number of benzene rings is 3. The Hall–Kier alpha value is -3.93. The number of carbonyl (C=O) groups excluding carboxylic acids is 1. The summed E-state index contributed by atoms with van der Waals surface area (Å²) >= 11 is 0. The Bertz CT molecular complexity index is 1160. The van der Waals surface area contributed by atoms with E-state index in [1.165, 1.54) is 18.2 Å². The molecular weight excluding hydrogens is 357 g/mol. The SMILES string of the molecule is O=C(C=Cc1ccc(F)cc1)Nc1ccc(-c2nc3ccccc3n2O)cc1. The zero-order chi connectivity index (χ0) is 19.5. The third-order valence-corrected chi connectivity index (χ3v) is 4.24. The van der Waals surface area contributed by atoms with Crippen molar-refractivity contribution in [1.29, 1.82) is 0 Å². The van der Waals surface area contributed by atoms with Crippen molar-refractivity contribution in [1.82, 2.24) is 9.71 Å². The smallest absolute Gasteiger partial charge is 0.248 e. The van der Waals surface area contributed by atoms with Gasteiger partial charge >= 0.3 is 0 Å². The minimum atomic E-state index is -0.321. The van der Waals surface area contributed by atoms with Crippen molar-refractivity contribution in [3.05, 3.63) is 90.3 Å². The maximum absolute atomic E-state index is 12.9. The van der Waals surface area contributed by atoms with Crippen LogP contribution in [0.5, 0.6) is 0 Å². The molecule has 4 rings (SSSR count). The summed E-state index contributed by atoms with van der Waals surface area (Å²) in [4.78, 5) is 16.5. The lowest BCUT2D eigenvalue weighted by molar-refractivity contribution is -0.111. The Morgan fingerprint density at radius 2 is 1.71 bits per heavy atom. The van der Waals surface area contributed by atoms with Crippen LogP contribution >= 0.6 is 0 Å². The lowest BCUT2D eigenvalue weighted by Crippen LogP contribution is -2.07. The summed E-state index contributed by atoms with van der Waals surface area (Å²) < 4.78 is 13.9. The van der Waals surface area contributed by atoms with Crippen molar-refractivity contribution >= 4 is 28.7 Å². The number of para-hydroxylation sites is 2. The fourth-order valence-corrected chi connectivity index (χ4v) is 2.83. The molecule has 5 nitrogen and oxygen atoms in total. The number of nitrogens with zero attached hydrogens (tertiary/aromatic N) is 2. The zero-order valence-corrected chi connectivity index (χ0v) is 14.7. The van der Waals surface area contributed by atoms with Crippen molar-refractivity contribution in [2.24, 2.45) is 0 Å². The van der Waals surface area contributed by atoms with Crippen molar-refractivity contribution in [2.45, 2.75) is 0 Å². The van der Waals surface area contributed by atoms with Crippen molar-refractivity contribution < 1.29 is 14.4 Å². The molecule has 0 atom stereocenters. The second kappa shape index (κ2) is 7.36. The molecule has 4 aromatic rings. The van der Waals surface area contributed by atoms with Crippen LogP contribution in [-0.4, -0.2) is 20.8 Å². The molecule has 0 saturated carbocycles. The highest BCUT2D eigenvalue weighted by atomic mass is 19.1. The summed E-state index contributed by atoms with van der Waals surface area (Å²) in [6, 6.07) is 20.2. The molecule has 1 aromatic heterocycles. The third-order valence-electron chi connectivity index (χ3n) is 4.24. The van der Waals surface area contributed by atoms with Crippen LogP contribution < -0.4 is 5.32 Å². The molecule has 1 amide bonds. The largest absolute Gasteiger partial charge is 0.426 e. The van der Waals surface area contributed by atoms with E-state index in [1.807, 2.05) is 18.2 Å². The number of amides is 1. The van der Waals surface area contributed by atoms with E-state index in [0.29, 0.717) is 22.5 Å². The molecule has 6 heteroatoms. The molecule has 0 saturated heterocycles. The second-order valence-corrected chi connectivity index (χ2v) is 6.19. The fraction of sp³-hybridized carbons (Fsp3) is 0. The minimum Gasteiger partial charge on any atom is -0.426 e. The molecular formula is C22H16FN3O2. The van der Waals surface area contributed by atoms with Crippen LogP contribution in [0.4, 0.5) is 10.1 Å². The van der Waals surface area contributed by atoms with E-state index in [1.54, 1.807) is 48.5 Å². The summed E-state index contributed by atoms with van der Waals surface area (Å²) in [6.07, 6.45) is 2.99. The van der Waals surface area contributed by atoms with Gasteiger partial charge < -0.3 is 10.5 Å². The van der Waals surface area contributed by atoms with Gasteiger partial charge in [0.1, 0.15) is 11.3 Å². The van der Waals surface area contributed by atoms with Gasteiger partial charge in [0, 0.05) is 17.3 Å². The van der Waals surface area contributed by atoms with Gasteiger partial charge in [0.25, 0.3) is 0 Å². The van der Waals surface area contributed by atoms with Gasteiger partial charge in [0.05, 0.1) is 5.52 Å². The van der Waals surface area contributed by atoms with E-state index in [4.69, 9.17) is 0 Å². The van der Waals surface area contributed by atoms with Crippen LogP contribution in [0.25, 0.3) is 28.5 Å². The Balaban J connectivity index is 1.47. The molecule has 0 fully saturated rings. The third kappa shape index (κ3) is 3.61. The predicted octanol–water partition coefficient (Wildman–Crippen LogP) is 4.73. The summed E-state index contributed by atoms with van der Waals surface area (Å²) in [5, 5.41) is 13.1. The Kier molecular flexibility index (Phi) is 4.60. The van der Waals surface area contributed by atoms with Crippen molar-refractivity contribution in [3.63, 3.8) is 0 Å². The van der Waals surface area contributed by atoms with E-state index in [9.17, 15) is 14.4 Å². The van der Waals surface area contributed by atoms with Gasteiger partial charge in [-0.15, -0.1) is 0 Å². The van der Waals surface area contributed by atoms with Gasteiger partial charge in [-0.05, 0) is 60.2 Å². The lowest BCUT2D eigenvalue weighted by atomic mass is 10.2. The zero-order valence-electron chi connectivity index (χ0n) is 14.7. The first-order valence-corrected chi connectivity index (χ1v) is 8.62. The first-order valence-electron chi connectivity index (χ1n) is 8.62. The van der Waals surface area contributed by atoms with Crippen LogP contribution in [0.1, 0.15) is 5.56 Å². The number of rotatable bonds is 4. The Morgan fingerprint density at radius 1 is 1.00 bits per heavy atom. The quantitative estimate of drug-likeness (QED) is 0.401. The highest BCUT2D eigenvalue weighted by Gasteiger charge is 2.11. The number of hydrogen-bond acceptors (Lipinski definition) is 3. The molecule has 0 spiro atoms. The maximum atomic E-state index is 12.9. The number of halogens is 1. The molecule has 0 radical (unpaired) electrons. The van der Waals surface area contributed by atoms with Crippen LogP contribution in [-0.2, 0) is 4.79 Å². The lowest BCUT2D eigenvalue weighted by Gasteiger charge is -2.05. The number of nitrogens with one attached hydrogen (secondary N) is 1. The van der Waals surface area contributed by atoms with Crippen LogP contribution in [0.2, 0.25) is 0 Å². The van der Waals surface area contributed by atoms with E-state index in [0.717, 1.165) is 15.9 Å². The average Bonchev–Trinajstić information content (AvgIpc) is 3.05. The Labute approximate surface area is 160 Å². The monoisotopic (exact) mass is 373 g/mol. The number of imidazole rings is 1. The second-order valence-electron chi connectivity index (χ2n) is 6.19. The van der Waals surface area contributed by atoms with Gasteiger partial charge in [-0.3, -0.25) is 4.79 Å². The summed E-state index contributed by atoms with van der Waals surface area (Å²) in [7, 11) is 0. The molecule has 2 N–H and O–H groups in total. The van der Waals surface area contributed by atoms with Gasteiger partial charge in [-0.1, -0.05) is 24.3 Å². The van der Waals surface area contributed by atoms with Crippen molar-refractivity contribution in [2.75, 3.05) is 5.32 Å². The number of fused-ring (bicyclic) bond motifs is 1. The van der Waals surface area contributed by atoms with E-state index >= 15 is 0 Å². The standard InChI is InChI=1S/C22H16FN3O2/c23-17-10-5-15(6-11-17)7-14-21(27)24-18-12-8-16(9-13-18)22-25-19-3-1-2-4-20(19)26(22)28/h1-14,28H,(H,24,27). The van der Waals surface area contributed by atoms with Crippen LogP contribution in [0.3, 0.4) is 0 Å². The molecule has 0 bridgehead atoms. The number of hydrogen-bond donors (Lipinski definition) is 2. The van der Waals surface area contributed by atoms with E-state index < -0.39 is 0 Å². The topological polar surface area (TPSA) is 67.2 Å². The van der Waals surface area contributed by atoms with Crippen molar-refractivity contribution in [3.8, 4) is 11.4 Å². The molecule has 0 aliphatic heterocycles. The average molecular weight is 373 g/mol. The molecule has 0 aliphatic rings. The highest BCUT2D eigenvalue weighted by Crippen LogP contribution is 2.24. The fourth-order valence-electron chi connectivity index (χ4n) is 2.83. The molecule has 3 aromatic carbocycles. The van der Waals surface area contributed by atoms with Gasteiger partial charge in [0.2, 0.25) is 5.91 Å². The van der Waals surface area contributed by atoms with Crippen LogP contribution in [0.15, 0.2) is 78.9 Å². The van der Waals surface area contributed by atoms with Gasteiger partial charge in [-0.2, -0.15) is 4.73 Å². The number of carbonyl (C=O) groups is 1. The molecule has 28 heavy (non-hydrogen) atoms. The van der Waals surface area contributed by atoms with Crippen LogP contribution in [0, 0.1) is 5.82 Å². The summed E-state index contributed by atoms with van der Waals surface area (Å²) in [6.45, 7) is 0. The first kappa shape index (κ1) is 17.5. The van der Waals surface area contributed by atoms with E-state index in [2.05, 4.69) is 10.3 Å². The molecule has 0 aliphatic carbocycles. The molecule has 1 heterocycles. The maximum Gasteiger partial charge on any atom is 0.248 e. The summed E-state index contributed by atoms with van der Waals surface area (Å²) in [5.41, 5.74) is 3.38. The van der Waals surface area contributed by atoms with E-state index in [-0.39, 0.29) is 11.7 Å². The highest BCUT2D eigenvalue weighted by molar-refractivity contribution is 6.02. The molecule has 138 valence electrons. The Morgan fingerprint density at radius 3 is 2.43 bits per heavy atom. The minimum absolute atomic E-state index is 0.300. The number of anilines is 1. The summed E-state index contributed by atoms with van der Waals surface area (Å²) in [5.74, 6) is -0.195. The predicted molar refractivity (Wildman–Crippen MR) is 106 cm³/mol. The first-order chi connectivity index (χ1) is 13.6.